The van der Waals surface area contributed by atoms with Crippen molar-refractivity contribution in [3.05, 3.63) is 64.5 Å². The van der Waals surface area contributed by atoms with Gasteiger partial charge in [-0.05, 0) is 37.6 Å². The second kappa shape index (κ2) is 5.60. The second-order valence-corrected chi connectivity index (χ2v) is 5.19. The van der Waals surface area contributed by atoms with Crippen LogP contribution in [0.5, 0.6) is 5.75 Å². The lowest BCUT2D eigenvalue weighted by molar-refractivity contribution is 0.419. The van der Waals surface area contributed by atoms with Crippen LogP contribution in [0.2, 0.25) is 0 Å². The Bertz CT molecular complexity index is 886. The van der Waals surface area contributed by atoms with Gasteiger partial charge in [-0.3, -0.25) is 14.3 Å². The Morgan fingerprint density at radius 3 is 2.73 bits per heavy atom. The molecule has 0 saturated carbocycles. The first-order valence-electron chi connectivity index (χ1n) is 7.09. The first-order chi connectivity index (χ1) is 10.6. The number of pyridine rings is 1. The van der Waals surface area contributed by atoms with E-state index in [9.17, 15) is 4.79 Å². The zero-order valence-corrected chi connectivity index (χ0v) is 12.8. The Hall–Kier alpha value is -2.69. The Labute approximate surface area is 128 Å². The van der Waals surface area contributed by atoms with Crippen LogP contribution in [-0.2, 0) is 0 Å². The van der Waals surface area contributed by atoms with Crippen LogP contribution in [0, 0.1) is 6.92 Å². The molecular weight excluding hydrogens is 278 g/mol. The van der Waals surface area contributed by atoms with Gasteiger partial charge < -0.3 is 4.74 Å². The monoisotopic (exact) mass is 295 g/mol. The number of methoxy groups -OCH3 is 1. The predicted octanol–water partition coefficient (Wildman–Crippen LogP) is 2.72. The Kier molecular flexibility index (Phi) is 3.63. The van der Waals surface area contributed by atoms with Gasteiger partial charge in [0, 0.05) is 6.20 Å². The molecule has 5 nitrogen and oxygen atoms in total. The number of ether oxygens (including phenoxy) is 1. The molecule has 0 amide bonds. The maximum atomic E-state index is 12.8. The average Bonchev–Trinajstić information content (AvgIpc) is 2.54. The van der Waals surface area contributed by atoms with Gasteiger partial charge in [-0.1, -0.05) is 12.1 Å². The molecule has 1 aromatic carbocycles. The smallest absolute Gasteiger partial charge is 0.265 e. The largest absolute Gasteiger partial charge is 0.496 e. The van der Waals surface area contributed by atoms with E-state index in [0.29, 0.717) is 16.7 Å². The van der Waals surface area contributed by atoms with Gasteiger partial charge in [0.15, 0.2) is 0 Å². The molecule has 5 heteroatoms. The molecule has 0 N–H and O–H groups in total. The van der Waals surface area contributed by atoms with E-state index in [1.807, 2.05) is 32.0 Å². The number of aryl methyl sites for hydroxylation is 1. The summed E-state index contributed by atoms with van der Waals surface area (Å²) in [5, 5.41) is 0.493. The fourth-order valence-electron chi connectivity index (χ4n) is 2.66. The lowest BCUT2D eigenvalue weighted by atomic mass is 10.1. The van der Waals surface area contributed by atoms with Crippen LogP contribution < -0.4 is 10.3 Å². The summed E-state index contributed by atoms with van der Waals surface area (Å²) >= 11 is 0. The van der Waals surface area contributed by atoms with Crippen molar-refractivity contribution >= 4 is 10.9 Å². The van der Waals surface area contributed by atoms with Gasteiger partial charge in [0.05, 0.1) is 30.7 Å². The quantitative estimate of drug-likeness (QED) is 0.745. The third kappa shape index (κ3) is 2.24. The van der Waals surface area contributed by atoms with Crippen molar-refractivity contribution in [1.29, 1.82) is 0 Å². The highest BCUT2D eigenvalue weighted by Gasteiger charge is 2.16. The summed E-state index contributed by atoms with van der Waals surface area (Å²) in [5.41, 5.74) is 2.41. The highest BCUT2D eigenvalue weighted by atomic mass is 16.5. The summed E-state index contributed by atoms with van der Waals surface area (Å²) < 4.78 is 6.90. The molecule has 1 atom stereocenters. The van der Waals surface area contributed by atoms with Crippen molar-refractivity contribution in [2.45, 2.75) is 19.9 Å². The number of hydrogen-bond donors (Lipinski definition) is 0. The molecule has 0 aliphatic carbocycles. The maximum Gasteiger partial charge on any atom is 0.265 e. The van der Waals surface area contributed by atoms with Crippen LogP contribution in [0.4, 0.5) is 0 Å². The number of rotatable bonds is 3. The Morgan fingerprint density at radius 1 is 1.18 bits per heavy atom. The summed E-state index contributed by atoms with van der Waals surface area (Å²) in [6.45, 7) is 3.93. The van der Waals surface area contributed by atoms with Crippen LogP contribution in [0.25, 0.3) is 10.9 Å². The van der Waals surface area contributed by atoms with E-state index in [-0.39, 0.29) is 11.6 Å². The van der Waals surface area contributed by atoms with E-state index < -0.39 is 0 Å². The molecule has 2 aromatic heterocycles. The molecule has 0 radical (unpaired) electrons. The van der Waals surface area contributed by atoms with E-state index in [4.69, 9.17) is 4.74 Å². The molecule has 2 heterocycles. The molecule has 3 rings (SSSR count). The van der Waals surface area contributed by atoms with E-state index in [1.54, 1.807) is 36.3 Å². The van der Waals surface area contributed by atoms with E-state index in [1.165, 1.54) is 0 Å². The SMILES string of the molecule is COc1cccc2ncn(C(C)c3ncccc3C)c(=O)c12. The topological polar surface area (TPSA) is 57.0 Å². The summed E-state index contributed by atoms with van der Waals surface area (Å²) in [6, 6.07) is 9.07. The van der Waals surface area contributed by atoms with Gasteiger partial charge in [0.25, 0.3) is 5.56 Å². The van der Waals surface area contributed by atoms with Crippen LogP contribution in [0.3, 0.4) is 0 Å². The lowest BCUT2D eigenvalue weighted by Gasteiger charge is -2.17. The highest BCUT2D eigenvalue weighted by molar-refractivity contribution is 5.84. The summed E-state index contributed by atoms with van der Waals surface area (Å²) in [6.07, 6.45) is 3.31. The normalized spacial score (nSPS) is 12.3. The van der Waals surface area contributed by atoms with Crippen molar-refractivity contribution in [3.63, 3.8) is 0 Å². The number of benzene rings is 1. The third-order valence-corrected chi connectivity index (χ3v) is 3.86. The van der Waals surface area contributed by atoms with Gasteiger partial charge in [-0.2, -0.15) is 0 Å². The number of aromatic nitrogens is 3. The minimum absolute atomic E-state index is 0.125. The molecule has 3 aromatic rings. The van der Waals surface area contributed by atoms with E-state index in [0.717, 1.165) is 11.3 Å². The van der Waals surface area contributed by atoms with Crippen molar-refractivity contribution in [2.24, 2.45) is 0 Å². The van der Waals surface area contributed by atoms with Crippen LogP contribution >= 0.6 is 0 Å². The average molecular weight is 295 g/mol. The number of hydrogen-bond acceptors (Lipinski definition) is 4. The van der Waals surface area contributed by atoms with Crippen molar-refractivity contribution in [3.8, 4) is 5.75 Å². The molecule has 0 fully saturated rings. The summed E-state index contributed by atoms with van der Waals surface area (Å²) in [4.78, 5) is 21.6. The number of fused-ring (bicyclic) bond motifs is 1. The van der Waals surface area contributed by atoms with E-state index in [2.05, 4.69) is 9.97 Å². The fourth-order valence-corrected chi connectivity index (χ4v) is 2.66. The zero-order valence-electron chi connectivity index (χ0n) is 12.8. The lowest BCUT2D eigenvalue weighted by Crippen LogP contribution is -2.25. The fraction of sp³-hybridized carbons (Fsp3) is 0.235. The molecule has 112 valence electrons. The minimum atomic E-state index is -0.199. The molecule has 0 aliphatic heterocycles. The van der Waals surface area contributed by atoms with Crippen molar-refractivity contribution in [1.82, 2.24) is 14.5 Å². The molecule has 0 saturated heterocycles. The van der Waals surface area contributed by atoms with E-state index >= 15 is 0 Å². The van der Waals surface area contributed by atoms with Crippen LogP contribution in [0.1, 0.15) is 24.2 Å². The van der Waals surface area contributed by atoms with Crippen LogP contribution in [0.15, 0.2) is 47.7 Å². The van der Waals surface area contributed by atoms with Gasteiger partial charge in [-0.25, -0.2) is 4.98 Å². The summed E-state index contributed by atoms with van der Waals surface area (Å²) in [5.74, 6) is 0.536. The highest BCUT2D eigenvalue weighted by Crippen LogP contribution is 2.22. The molecule has 1 unspecified atom stereocenters. The Balaban J connectivity index is 2.22. The third-order valence-electron chi connectivity index (χ3n) is 3.86. The maximum absolute atomic E-state index is 12.8. The Morgan fingerprint density at radius 2 is 2.00 bits per heavy atom. The van der Waals surface area contributed by atoms with Gasteiger partial charge in [-0.15, -0.1) is 0 Å². The number of nitrogens with zero attached hydrogens (tertiary/aromatic N) is 3. The molecule has 22 heavy (non-hydrogen) atoms. The molecule has 0 spiro atoms. The molecule has 0 bridgehead atoms. The molecule has 0 aliphatic rings. The first kappa shape index (κ1) is 14.3. The predicted molar refractivity (Wildman–Crippen MR) is 85.3 cm³/mol. The van der Waals surface area contributed by atoms with Gasteiger partial charge in [0.1, 0.15) is 11.1 Å². The van der Waals surface area contributed by atoms with Crippen LogP contribution in [-0.4, -0.2) is 21.6 Å². The van der Waals surface area contributed by atoms with Gasteiger partial charge >= 0.3 is 0 Å². The minimum Gasteiger partial charge on any atom is -0.496 e. The molecular formula is C17H17N3O2. The van der Waals surface area contributed by atoms with Gasteiger partial charge in [0.2, 0.25) is 0 Å². The first-order valence-corrected chi connectivity index (χ1v) is 7.09. The summed E-state index contributed by atoms with van der Waals surface area (Å²) in [7, 11) is 1.55. The zero-order chi connectivity index (χ0) is 15.7. The van der Waals surface area contributed by atoms with Crippen molar-refractivity contribution < 1.29 is 4.74 Å². The second-order valence-electron chi connectivity index (χ2n) is 5.19. The van der Waals surface area contributed by atoms with Crippen molar-refractivity contribution in [2.75, 3.05) is 7.11 Å². The standard InChI is InChI=1S/C17H17N3O2/c1-11-6-5-9-18-16(11)12(2)20-10-19-13-7-4-8-14(22-3)15(13)17(20)21/h4-10,12H,1-3H3.